The minimum Gasteiger partial charge on any atom is -0.309 e. The van der Waals surface area contributed by atoms with E-state index in [2.05, 4.69) is 28.4 Å². The predicted molar refractivity (Wildman–Crippen MR) is 118 cm³/mol. The van der Waals surface area contributed by atoms with Crippen molar-refractivity contribution >= 4 is 21.6 Å². The summed E-state index contributed by atoms with van der Waals surface area (Å²) in [6.07, 6.45) is 1.36. The fourth-order valence-electron chi connectivity index (χ4n) is 3.70. The maximum atomic E-state index is 11.7. The van der Waals surface area contributed by atoms with E-state index in [1.165, 1.54) is 0 Å². The molecule has 1 aromatic heterocycles. The number of nitriles is 1. The van der Waals surface area contributed by atoms with Crippen LogP contribution < -0.4 is 0 Å². The number of sulfone groups is 1. The van der Waals surface area contributed by atoms with Crippen LogP contribution in [0.4, 0.5) is 0 Å². The summed E-state index contributed by atoms with van der Waals surface area (Å²) in [7, 11) is -0.943. The molecule has 0 unspecified atom stereocenters. The Bertz CT molecular complexity index is 1190. The van der Waals surface area contributed by atoms with Gasteiger partial charge in [-0.2, -0.15) is 5.26 Å². The highest BCUT2D eigenvalue weighted by Crippen LogP contribution is 2.27. The second-order valence-electron chi connectivity index (χ2n) is 7.57. The highest BCUT2D eigenvalue weighted by molar-refractivity contribution is 7.98. The van der Waals surface area contributed by atoms with Crippen molar-refractivity contribution in [1.29, 1.82) is 5.26 Å². The molecular formula is C22H22N4O2S2. The van der Waals surface area contributed by atoms with E-state index >= 15 is 0 Å². The quantitative estimate of drug-likeness (QED) is 0.546. The second-order valence-corrected chi connectivity index (χ2v) is 10.7. The fraction of sp³-hybridized carbons (Fsp3) is 0.318. The van der Waals surface area contributed by atoms with Crippen LogP contribution in [0.15, 0.2) is 53.7 Å². The minimum atomic E-state index is -2.88. The molecule has 1 aliphatic heterocycles. The summed E-state index contributed by atoms with van der Waals surface area (Å²) in [4.78, 5) is 0. The van der Waals surface area contributed by atoms with Crippen molar-refractivity contribution < 1.29 is 8.42 Å². The van der Waals surface area contributed by atoms with Gasteiger partial charge in [0.1, 0.15) is 5.82 Å². The van der Waals surface area contributed by atoms with Crippen molar-refractivity contribution in [3.8, 4) is 17.2 Å². The lowest BCUT2D eigenvalue weighted by atomic mass is 10.00. The van der Waals surface area contributed by atoms with Crippen molar-refractivity contribution in [3.63, 3.8) is 0 Å². The van der Waals surface area contributed by atoms with E-state index in [9.17, 15) is 13.7 Å². The average Bonchev–Trinajstić information content (AvgIpc) is 3.28. The Morgan fingerprint density at radius 1 is 1.17 bits per heavy atom. The number of nitrogens with zero attached hydrogens (tertiary/aromatic N) is 4. The molecule has 1 aliphatic rings. The Kier molecular flexibility index (Phi) is 5.93. The number of hydrogen-bond acceptors (Lipinski definition) is 6. The molecule has 6 nitrogen and oxygen atoms in total. The zero-order valence-electron chi connectivity index (χ0n) is 16.7. The van der Waals surface area contributed by atoms with Gasteiger partial charge in [0.2, 0.25) is 0 Å². The molecule has 0 saturated carbocycles. The number of aromatic nitrogens is 3. The van der Waals surface area contributed by atoms with Crippen LogP contribution in [0.2, 0.25) is 0 Å². The van der Waals surface area contributed by atoms with E-state index in [1.54, 1.807) is 11.8 Å². The number of rotatable bonds is 6. The molecule has 4 rings (SSSR count). The first-order valence-electron chi connectivity index (χ1n) is 9.75. The van der Waals surface area contributed by atoms with Gasteiger partial charge < -0.3 is 4.57 Å². The summed E-state index contributed by atoms with van der Waals surface area (Å²) in [6, 6.07) is 18.0. The molecule has 8 heteroatoms. The third kappa shape index (κ3) is 4.58. The molecule has 0 bridgehead atoms. The monoisotopic (exact) mass is 438 g/mol. The van der Waals surface area contributed by atoms with Crippen LogP contribution in [0, 0.1) is 17.2 Å². The summed E-state index contributed by atoms with van der Waals surface area (Å²) in [5, 5.41) is 18.7. The Morgan fingerprint density at radius 3 is 2.63 bits per heavy atom. The maximum absolute atomic E-state index is 11.7. The van der Waals surface area contributed by atoms with Crippen LogP contribution >= 0.6 is 11.8 Å². The van der Waals surface area contributed by atoms with E-state index in [4.69, 9.17) is 0 Å². The lowest BCUT2D eigenvalue weighted by Crippen LogP contribution is -2.11. The van der Waals surface area contributed by atoms with Gasteiger partial charge in [0.25, 0.3) is 0 Å². The van der Waals surface area contributed by atoms with Crippen molar-refractivity contribution in [2.75, 3.05) is 11.5 Å². The minimum absolute atomic E-state index is 0.139. The van der Waals surface area contributed by atoms with Gasteiger partial charge in [-0.05, 0) is 35.1 Å². The first-order valence-corrected chi connectivity index (χ1v) is 12.6. The molecule has 2 aromatic carbocycles. The SMILES string of the molecule is Cn1c(C[C@H]2CCS(=O)(=O)C2)nnc1SCc1ccc(-c2ccccc2C#N)cc1. The lowest BCUT2D eigenvalue weighted by molar-refractivity contribution is 0.552. The van der Waals surface area contributed by atoms with E-state index in [-0.39, 0.29) is 17.4 Å². The highest BCUT2D eigenvalue weighted by atomic mass is 32.2. The molecule has 154 valence electrons. The number of benzene rings is 2. The second kappa shape index (κ2) is 8.62. The third-order valence-electron chi connectivity index (χ3n) is 5.40. The first kappa shape index (κ1) is 20.6. The Hall–Kier alpha value is -2.63. The van der Waals surface area contributed by atoms with Crippen LogP contribution in [-0.4, -0.2) is 34.7 Å². The Balaban J connectivity index is 1.39. The van der Waals surface area contributed by atoms with Gasteiger partial charge in [0.15, 0.2) is 15.0 Å². The van der Waals surface area contributed by atoms with E-state index in [1.807, 2.05) is 48.0 Å². The summed E-state index contributed by atoms with van der Waals surface area (Å²) in [5.74, 6) is 2.27. The van der Waals surface area contributed by atoms with Gasteiger partial charge in [-0.1, -0.05) is 54.2 Å². The van der Waals surface area contributed by atoms with Crippen molar-refractivity contribution in [3.05, 3.63) is 65.5 Å². The third-order valence-corrected chi connectivity index (χ3v) is 8.33. The molecule has 0 N–H and O–H groups in total. The van der Waals surface area contributed by atoms with E-state index < -0.39 is 9.84 Å². The molecule has 0 radical (unpaired) electrons. The van der Waals surface area contributed by atoms with Gasteiger partial charge in [-0.3, -0.25) is 0 Å². The Morgan fingerprint density at radius 2 is 1.93 bits per heavy atom. The average molecular weight is 439 g/mol. The maximum Gasteiger partial charge on any atom is 0.191 e. The van der Waals surface area contributed by atoms with Gasteiger partial charge in [-0.25, -0.2) is 8.42 Å². The van der Waals surface area contributed by atoms with Crippen LogP contribution in [0.3, 0.4) is 0 Å². The van der Waals surface area contributed by atoms with Gasteiger partial charge in [-0.15, -0.1) is 10.2 Å². The van der Waals surface area contributed by atoms with E-state index in [0.717, 1.165) is 33.4 Å². The zero-order valence-corrected chi connectivity index (χ0v) is 18.3. The summed E-state index contributed by atoms with van der Waals surface area (Å²) < 4.78 is 25.3. The zero-order chi connectivity index (χ0) is 21.1. The van der Waals surface area contributed by atoms with Crippen LogP contribution in [0.1, 0.15) is 23.4 Å². The molecule has 1 atom stereocenters. The topological polar surface area (TPSA) is 88.6 Å². The van der Waals surface area contributed by atoms with Crippen LogP contribution in [0.25, 0.3) is 11.1 Å². The standard InChI is InChI=1S/C22H22N4O2S2/c1-26-21(12-17-10-11-30(27,28)15-17)24-25-22(26)29-14-16-6-8-18(9-7-16)20-5-3-2-4-19(20)13-23/h2-9,17H,10-12,14-15H2,1H3/t17-/m1/s1. The highest BCUT2D eigenvalue weighted by Gasteiger charge is 2.29. The number of hydrogen-bond donors (Lipinski definition) is 0. The molecular weight excluding hydrogens is 416 g/mol. The molecule has 0 spiro atoms. The summed E-state index contributed by atoms with van der Waals surface area (Å²) in [5.41, 5.74) is 3.78. The number of thioether (sulfide) groups is 1. The van der Waals surface area contributed by atoms with Gasteiger partial charge in [0, 0.05) is 19.2 Å². The predicted octanol–water partition coefficient (Wildman–Crippen LogP) is 3.62. The van der Waals surface area contributed by atoms with Gasteiger partial charge in [0.05, 0.1) is 23.1 Å². The van der Waals surface area contributed by atoms with Gasteiger partial charge >= 0.3 is 0 Å². The van der Waals surface area contributed by atoms with Crippen LogP contribution in [-0.2, 0) is 29.1 Å². The van der Waals surface area contributed by atoms with Crippen molar-refractivity contribution in [1.82, 2.24) is 14.8 Å². The molecule has 1 fully saturated rings. The molecule has 3 aromatic rings. The normalized spacial score (nSPS) is 17.7. The Labute approximate surface area is 180 Å². The molecule has 1 saturated heterocycles. The van der Waals surface area contributed by atoms with Crippen molar-refractivity contribution in [2.24, 2.45) is 13.0 Å². The fourth-order valence-corrected chi connectivity index (χ4v) is 6.45. The van der Waals surface area contributed by atoms with E-state index in [0.29, 0.717) is 18.4 Å². The largest absolute Gasteiger partial charge is 0.309 e. The molecule has 0 amide bonds. The smallest absolute Gasteiger partial charge is 0.191 e. The first-order chi connectivity index (χ1) is 14.4. The molecule has 30 heavy (non-hydrogen) atoms. The summed E-state index contributed by atoms with van der Waals surface area (Å²) >= 11 is 1.61. The van der Waals surface area contributed by atoms with Crippen LogP contribution in [0.5, 0.6) is 0 Å². The molecule has 2 heterocycles. The molecule has 0 aliphatic carbocycles. The summed E-state index contributed by atoms with van der Waals surface area (Å²) in [6.45, 7) is 0. The van der Waals surface area contributed by atoms with Crippen molar-refractivity contribution in [2.45, 2.75) is 23.8 Å². The lowest BCUT2D eigenvalue weighted by Gasteiger charge is -2.08.